The minimum absolute atomic E-state index is 0.111. The van der Waals surface area contributed by atoms with Crippen molar-refractivity contribution in [1.29, 1.82) is 0 Å². The summed E-state index contributed by atoms with van der Waals surface area (Å²) < 4.78 is 58.9. The third kappa shape index (κ3) is 5.86. The molecule has 0 amide bonds. The van der Waals surface area contributed by atoms with Crippen LogP contribution in [0.5, 0.6) is 0 Å². The van der Waals surface area contributed by atoms with Gasteiger partial charge in [0.05, 0.1) is 26.1 Å². The Hall–Kier alpha value is -1.36. The van der Waals surface area contributed by atoms with Crippen molar-refractivity contribution in [2.24, 2.45) is 0 Å². The zero-order chi connectivity index (χ0) is 30.6. The van der Waals surface area contributed by atoms with Crippen LogP contribution in [0.25, 0.3) is 11.2 Å². The summed E-state index contributed by atoms with van der Waals surface area (Å²) in [6.45, 7) is -6.19. The standard InChI is InChI=1S/C19H28FN5O14P2S/c20-7(3-26)13-11(28)10(27)12(29)17(37-13)38-40(31,32)39-41(33,42)35-4-8-14(30)19(1-2-34-19)18(36-8)25-6-24-9-15(21)22-5-23-16(9)25/h5-8,10-14,17-18,26-30H,1-4H2,(H,31,32)(H,33,42)(H2,21,22,23)/t7-,8+,10?,11?,12?,13?,14+,17?,18+,19+,41?/m0/s1. The van der Waals surface area contributed by atoms with Crippen LogP contribution in [-0.4, -0.2) is 129 Å². The number of aliphatic hydroxyl groups excluding tert-OH is 5. The number of aliphatic hydroxyl groups is 5. The summed E-state index contributed by atoms with van der Waals surface area (Å²) in [6.07, 6.45) is -13.4. The van der Waals surface area contributed by atoms with Gasteiger partial charge in [0.15, 0.2) is 30.2 Å². The second kappa shape index (κ2) is 11.9. The van der Waals surface area contributed by atoms with E-state index in [4.69, 9.17) is 41.4 Å². The molecule has 2 aromatic heterocycles. The van der Waals surface area contributed by atoms with E-state index in [9.17, 15) is 39.2 Å². The molecule has 0 aliphatic carbocycles. The van der Waals surface area contributed by atoms with Gasteiger partial charge in [-0.1, -0.05) is 0 Å². The Balaban J connectivity index is 1.25. The summed E-state index contributed by atoms with van der Waals surface area (Å²) in [7, 11) is -5.47. The fourth-order valence-electron chi connectivity index (χ4n) is 4.89. The number of ether oxygens (including phenoxy) is 3. The summed E-state index contributed by atoms with van der Waals surface area (Å²) in [4.78, 5) is 32.8. The third-order valence-corrected chi connectivity index (χ3v) is 10.6. The van der Waals surface area contributed by atoms with Crippen LogP contribution in [0.4, 0.5) is 10.2 Å². The summed E-state index contributed by atoms with van der Waals surface area (Å²) >= 11 is 4.78. The molecule has 12 atom stereocenters. The van der Waals surface area contributed by atoms with Gasteiger partial charge in [-0.15, -0.1) is 0 Å². The van der Waals surface area contributed by atoms with Gasteiger partial charge in [0.1, 0.15) is 54.1 Å². The van der Waals surface area contributed by atoms with Crippen LogP contribution >= 0.6 is 14.5 Å². The molecule has 2 aromatic rings. The van der Waals surface area contributed by atoms with Gasteiger partial charge in [-0.3, -0.25) is 9.09 Å². The fraction of sp³-hybridized carbons (Fsp3) is 0.737. The maximum Gasteiger partial charge on any atom is 0.481 e. The number of imidazole rings is 1. The van der Waals surface area contributed by atoms with Crippen LogP contribution in [0.15, 0.2) is 12.7 Å². The van der Waals surface area contributed by atoms with E-state index in [1.54, 1.807) is 0 Å². The molecule has 23 heteroatoms. The van der Waals surface area contributed by atoms with Crippen LogP contribution in [-0.2, 0) is 43.9 Å². The lowest BCUT2D eigenvalue weighted by Crippen LogP contribution is -2.60. The quantitative estimate of drug-likeness (QED) is 0.120. The second-order valence-corrected chi connectivity index (χ2v) is 14.0. The van der Waals surface area contributed by atoms with Crippen molar-refractivity contribution >= 4 is 43.3 Å². The molecular weight excluding hydrogens is 635 g/mol. The summed E-state index contributed by atoms with van der Waals surface area (Å²) in [5, 5.41) is 49.9. The predicted octanol–water partition coefficient (Wildman–Crippen LogP) is -2.67. The Kier molecular flexibility index (Phi) is 9.05. The van der Waals surface area contributed by atoms with Gasteiger partial charge in [-0.05, 0) is 11.8 Å². The number of alkyl halides is 1. The number of nitrogens with two attached hydrogens (primary N) is 1. The number of fused-ring (bicyclic) bond motifs is 1. The molecule has 0 bridgehead atoms. The monoisotopic (exact) mass is 663 g/mol. The molecule has 0 saturated carbocycles. The van der Waals surface area contributed by atoms with Crippen molar-refractivity contribution in [2.45, 2.75) is 67.3 Å². The van der Waals surface area contributed by atoms with Crippen molar-refractivity contribution in [3.63, 3.8) is 0 Å². The number of halogens is 1. The zero-order valence-corrected chi connectivity index (χ0v) is 23.8. The number of hydrogen-bond donors (Lipinski definition) is 8. The van der Waals surface area contributed by atoms with Gasteiger partial charge in [-0.25, -0.2) is 28.2 Å². The lowest BCUT2D eigenvalue weighted by molar-refractivity contribution is -0.287. The zero-order valence-electron chi connectivity index (χ0n) is 21.2. The molecule has 0 aromatic carbocycles. The van der Waals surface area contributed by atoms with E-state index >= 15 is 0 Å². The van der Waals surface area contributed by atoms with Gasteiger partial charge in [0.25, 0.3) is 0 Å². The van der Waals surface area contributed by atoms with Crippen LogP contribution < -0.4 is 5.73 Å². The Morgan fingerprint density at radius 2 is 1.90 bits per heavy atom. The molecule has 19 nitrogen and oxygen atoms in total. The molecule has 236 valence electrons. The number of nitrogens with zero attached hydrogens (tertiary/aromatic N) is 4. The summed E-state index contributed by atoms with van der Waals surface area (Å²) in [5.74, 6) is 0.111. The van der Waals surface area contributed by atoms with Gasteiger partial charge >= 0.3 is 14.5 Å². The molecule has 7 unspecified atom stereocenters. The van der Waals surface area contributed by atoms with Gasteiger partial charge in [0, 0.05) is 6.42 Å². The minimum atomic E-state index is -5.47. The Morgan fingerprint density at radius 3 is 2.55 bits per heavy atom. The van der Waals surface area contributed by atoms with Crippen molar-refractivity contribution < 1.29 is 71.8 Å². The maximum atomic E-state index is 13.9. The first kappa shape index (κ1) is 32.0. The van der Waals surface area contributed by atoms with E-state index in [1.807, 2.05) is 0 Å². The number of anilines is 1. The molecule has 1 spiro atoms. The number of phosphoric acid groups is 1. The second-order valence-electron chi connectivity index (χ2n) is 9.67. The first-order valence-corrected chi connectivity index (χ1v) is 16.3. The van der Waals surface area contributed by atoms with Gasteiger partial charge in [0.2, 0.25) is 0 Å². The number of phosphoric ester groups is 1. The highest BCUT2D eigenvalue weighted by Gasteiger charge is 2.62. The van der Waals surface area contributed by atoms with E-state index in [-0.39, 0.29) is 17.0 Å². The highest BCUT2D eigenvalue weighted by atomic mass is 32.5. The molecule has 5 rings (SSSR count). The largest absolute Gasteiger partial charge is 0.481 e. The molecule has 3 aliphatic heterocycles. The Morgan fingerprint density at radius 1 is 1.19 bits per heavy atom. The average Bonchev–Trinajstić information content (AvgIpc) is 3.46. The normalized spacial score (nSPS) is 38.7. The highest BCUT2D eigenvalue weighted by Crippen LogP contribution is 2.62. The average molecular weight is 663 g/mol. The lowest BCUT2D eigenvalue weighted by Gasteiger charge is -2.44. The van der Waals surface area contributed by atoms with E-state index in [1.165, 1.54) is 17.2 Å². The lowest BCUT2D eigenvalue weighted by atomic mass is 9.86. The van der Waals surface area contributed by atoms with Crippen molar-refractivity contribution in [1.82, 2.24) is 19.5 Å². The van der Waals surface area contributed by atoms with Crippen molar-refractivity contribution in [3.05, 3.63) is 12.7 Å². The maximum absolute atomic E-state index is 13.9. The van der Waals surface area contributed by atoms with E-state index in [0.29, 0.717) is 13.0 Å². The van der Waals surface area contributed by atoms with Gasteiger partial charge in [-0.2, -0.15) is 0 Å². The highest BCUT2D eigenvalue weighted by molar-refractivity contribution is 8.08. The molecule has 3 fully saturated rings. The molecule has 0 radical (unpaired) electrons. The van der Waals surface area contributed by atoms with Crippen LogP contribution in [0.2, 0.25) is 0 Å². The summed E-state index contributed by atoms with van der Waals surface area (Å²) in [6, 6.07) is 0. The third-order valence-electron chi connectivity index (χ3n) is 7.06. The predicted molar refractivity (Wildman–Crippen MR) is 136 cm³/mol. The molecule has 3 aliphatic rings. The molecule has 5 heterocycles. The molecule has 3 saturated heterocycles. The van der Waals surface area contributed by atoms with Crippen LogP contribution in [0.1, 0.15) is 12.6 Å². The first-order valence-electron chi connectivity index (χ1n) is 12.2. The number of rotatable bonds is 10. The fourth-order valence-corrected chi connectivity index (χ4v) is 7.99. The SMILES string of the molecule is Nc1ncnc2c1ncn2[C@@H]1O[C@H](COP(O)(=S)OP(=O)(O)OC2OC([C@@H](F)CO)C(O)C(O)C2O)[C@@H](O)[C@]12CCO2. The van der Waals surface area contributed by atoms with Crippen molar-refractivity contribution in [2.75, 3.05) is 25.6 Å². The van der Waals surface area contributed by atoms with Crippen LogP contribution in [0.3, 0.4) is 0 Å². The van der Waals surface area contributed by atoms with Crippen molar-refractivity contribution in [3.8, 4) is 0 Å². The number of hydrogen-bond acceptors (Lipinski definition) is 17. The first-order chi connectivity index (χ1) is 19.7. The Bertz CT molecular complexity index is 1390. The minimum Gasteiger partial charge on any atom is -0.393 e. The topological polar surface area (TPSA) is 284 Å². The smallest absolute Gasteiger partial charge is 0.393 e. The van der Waals surface area contributed by atoms with Crippen LogP contribution in [0, 0.1) is 0 Å². The van der Waals surface area contributed by atoms with Gasteiger partial charge < -0.3 is 59.8 Å². The molecule has 42 heavy (non-hydrogen) atoms. The summed E-state index contributed by atoms with van der Waals surface area (Å²) in [5.41, 5.74) is 5.14. The number of aromatic nitrogens is 4. The number of nitrogen functional groups attached to an aromatic ring is 1. The molecular formula is C19H28FN5O14P2S. The molecule has 9 N–H and O–H groups in total. The van der Waals surface area contributed by atoms with E-state index in [2.05, 4.69) is 23.8 Å². The Labute approximate surface area is 240 Å². The van der Waals surface area contributed by atoms with E-state index < -0.39 is 88.7 Å². The van der Waals surface area contributed by atoms with E-state index in [0.717, 1.165) is 0 Å².